The summed E-state index contributed by atoms with van der Waals surface area (Å²) in [6, 6.07) is 0. The Hall–Kier alpha value is -1.61. The van der Waals surface area contributed by atoms with Crippen molar-refractivity contribution in [3.05, 3.63) is 37.6 Å². The lowest BCUT2D eigenvalue weighted by Gasteiger charge is -2.06. The van der Waals surface area contributed by atoms with E-state index in [1.165, 1.54) is 0 Å². The van der Waals surface area contributed by atoms with Crippen molar-refractivity contribution in [2.75, 3.05) is 7.11 Å². The lowest BCUT2D eigenvalue weighted by Crippen LogP contribution is -2.11. The van der Waals surface area contributed by atoms with Gasteiger partial charge in [0.2, 0.25) is 0 Å². The van der Waals surface area contributed by atoms with Crippen molar-refractivity contribution in [2.24, 2.45) is 0 Å². The predicted octanol–water partition coefficient (Wildman–Crippen LogP) is 5.18. The first-order valence-electron chi connectivity index (χ1n) is 4.31. The molecule has 0 N–H and O–H groups in total. The summed E-state index contributed by atoms with van der Waals surface area (Å²) in [5, 5.41) is 0. The van der Waals surface area contributed by atoms with E-state index >= 15 is 0 Å². The molecule has 0 bridgehead atoms. The zero-order valence-electron chi connectivity index (χ0n) is 10.1. The SMILES string of the molecule is C=C(OC)C(F)(F)F.C=CC(F)(F)F.C=CC(F)(F)F. The molecule has 0 saturated heterocycles. The Morgan fingerprint density at radius 1 is 0.800 bits per heavy atom. The molecular weight excluding hydrogens is 307 g/mol. The van der Waals surface area contributed by atoms with Crippen molar-refractivity contribution in [3.8, 4) is 0 Å². The monoisotopic (exact) mass is 318 g/mol. The van der Waals surface area contributed by atoms with Crippen molar-refractivity contribution in [1.29, 1.82) is 0 Å². The van der Waals surface area contributed by atoms with Crippen molar-refractivity contribution < 1.29 is 44.3 Å². The first kappa shape index (κ1) is 23.5. The van der Waals surface area contributed by atoms with Gasteiger partial charge in [-0.15, -0.1) is 0 Å². The van der Waals surface area contributed by atoms with Crippen LogP contribution in [-0.2, 0) is 4.74 Å². The van der Waals surface area contributed by atoms with E-state index in [0.717, 1.165) is 7.11 Å². The van der Waals surface area contributed by atoms with E-state index in [-0.39, 0.29) is 12.2 Å². The van der Waals surface area contributed by atoms with Gasteiger partial charge in [0.05, 0.1) is 7.11 Å². The number of methoxy groups -OCH3 is 1. The third-order valence-electron chi connectivity index (χ3n) is 1.03. The fourth-order valence-electron chi connectivity index (χ4n) is 0.116. The van der Waals surface area contributed by atoms with Gasteiger partial charge in [-0.05, 0) is 0 Å². The van der Waals surface area contributed by atoms with Gasteiger partial charge in [0.1, 0.15) is 0 Å². The molecule has 0 rings (SSSR count). The van der Waals surface area contributed by atoms with E-state index in [9.17, 15) is 39.5 Å². The Bertz CT molecular complexity index is 277. The summed E-state index contributed by atoms with van der Waals surface area (Å²) >= 11 is 0. The quantitative estimate of drug-likeness (QED) is 0.368. The number of allylic oxidation sites excluding steroid dienone is 3. The highest BCUT2D eigenvalue weighted by Gasteiger charge is 2.33. The lowest BCUT2D eigenvalue weighted by molar-refractivity contribution is -0.125. The molecule has 20 heavy (non-hydrogen) atoms. The van der Waals surface area contributed by atoms with E-state index in [0.29, 0.717) is 0 Å². The van der Waals surface area contributed by atoms with Crippen LogP contribution < -0.4 is 0 Å². The van der Waals surface area contributed by atoms with Gasteiger partial charge in [-0.3, -0.25) is 0 Å². The van der Waals surface area contributed by atoms with Crippen molar-refractivity contribution in [2.45, 2.75) is 18.5 Å². The number of hydrogen-bond donors (Lipinski definition) is 0. The van der Waals surface area contributed by atoms with Crippen molar-refractivity contribution >= 4 is 0 Å². The maximum Gasteiger partial charge on any atom is 0.448 e. The fourth-order valence-corrected chi connectivity index (χ4v) is 0.116. The van der Waals surface area contributed by atoms with E-state index < -0.39 is 24.3 Å². The van der Waals surface area contributed by atoms with Gasteiger partial charge in [-0.2, -0.15) is 39.5 Å². The molecule has 10 heteroatoms. The second-order valence-corrected chi connectivity index (χ2v) is 2.62. The first-order chi connectivity index (χ1) is 8.60. The van der Waals surface area contributed by atoms with Crippen LogP contribution in [0.3, 0.4) is 0 Å². The largest absolute Gasteiger partial charge is 0.493 e. The molecule has 0 fully saturated rings. The summed E-state index contributed by atoms with van der Waals surface area (Å²) in [7, 11) is 0.926. The van der Waals surface area contributed by atoms with E-state index in [2.05, 4.69) is 24.5 Å². The summed E-state index contributed by atoms with van der Waals surface area (Å²) in [4.78, 5) is 0. The first-order valence-corrected chi connectivity index (χ1v) is 4.31. The Morgan fingerprint density at radius 2 is 1.00 bits per heavy atom. The lowest BCUT2D eigenvalue weighted by atomic mass is 10.6. The van der Waals surface area contributed by atoms with E-state index in [1.54, 1.807) is 0 Å². The molecule has 0 aromatic heterocycles. The van der Waals surface area contributed by atoms with Gasteiger partial charge in [-0.25, -0.2) is 0 Å². The molecule has 0 amide bonds. The molecular formula is C10H11F9O. The summed E-state index contributed by atoms with van der Waals surface area (Å²) in [5.74, 6) is -1.17. The Morgan fingerprint density at radius 3 is 1.00 bits per heavy atom. The molecule has 120 valence electrons. The van der Waals surface area contributed by atoms with Gasteiger partial charge >= 0.3 is 18.5 Å². The smallest absolute Gasteiger partial charge is 0.448 e. The normalized spacial score (nSPS) is 11.1. The summed E-state index contributed by atoms with van der Waals surface area (Å²) in [5.41, 5.74) is 0. The maximum absolute atomic E-state index is 11.2. The van der Waals surface area contributed by atoms with Crippen LogP contribution in [-0.4, -0.2) is 25.6 Å². The molecule has 0 unspecified atom stereocenters. The number of ether oxygens (including phenoxy) is 1. The van der Waals surface area contributed by atoms with E-state index in [1.807, 2.05) is 0 Å². The number of halogens is 9. The minimum Gasteiger partial charge on any atom is -0.493 e. The molecule has 0 radical (unpaired) electrons. The van der Waals surface area contributed by atoms with Crippen LogP contribution in [0.1, 0.15) is 0 Å². The summed E-state index contributed by atoms with van der Waals surface area (Å²) in [6.45, 7) is 7.61. The highest BCUT2D eigenvalue weighted by molar-refractivity contribution is 4.90. The molecule has 0 spiro atoms. The molecule has 0 aromatic rings. The van der Waals surface area contributed by atoms with Crippen molar-refractivity contribution in [3.63, 3.8) is 0 Å². The number of hydrogen-bond acceptors (Lipinski definition) is 1. The molecule has 0 aliphatic rings. The van der Waals surface area contributed by atoms with Crippen LogP contribution in [0.5, 0.6) is 0 Å². The molecule has 0 heterocycles. The molecule has 0 aliphatic heterocycles. The number of alkyl halides is 9. The van der Waals surface area contributed by atoms with Crippen LogP contribution in [0.25, 0.3) is 0 Å². The van der Waals surface area contributed by atoms with Gasteiger partial charge in [0, 0.05) is 12.2 Å². The average molecular weight is 318 g/mol. The Kier molecular flexibility index (Phi) is 10.9. The zero-order valence-corrected chi connectivity index (χ0v) is 10.1. The predicted molar refractivity (Wildman–Crippen MR) is 54.7 cm³/mol. The standard InChI is InChI=1S/C4H5F3O.2C3H3F3/c1-3(8-2)4(5,6)7;2*1-2-3(4,5)6/h1H2,2H3;2*2H,1H2. The maximum atomic E-state index is 11.2. The Labute approximate surface area is 109 Å². The molecule has 0 atom stereocenters. The zero-order chi connectivity index (χ0) is 17.2. The highest BCUT2D eigenvalue weighted by atomic mass is 19.4. The van der Waals surface area contributed by atoms with E-state index in [4.69, 9.17) is 0 Å². The van der Waals surface area contributed by atoms with Gasteiger partial charge in [0.15, 0.2) is 5.76 Å². The molecule has 0 aliphatic carbocycles. The minimum atomic E-state index is -4.41. The van der Waals surface area contributed by atoms with Crippen LogP contribution >= 0.6 is 0 Å². The second-order valence-electron chi connectivity index (χ2n) is 2.62. The number of rotatable bonds is 1. The van der Waals surface area contributed by atoms with Crippen LogP contribution in [0.15, 0.2) is 37.6 Å². The summed E-state index contributed by atoms with van der Waals surface area (Å²) < 4.78 is 101. The summed E-state index contributed by atoms with van der Waals surface area (Å²) in [6.07, 6.45) is -12.9. The fraction of sp³-hybridized carbons (Fsp3) is 0.400. The molecule has 0 saturated carbocycles. The minimum absolute atomic E-state index is 0.0625. The average Bonchev–Trinajstić information content (AvgIpc) is 2.26. The van der Waals surface area contributed by atoms with Gasteiger partial charge < -0.3 is 4.74 Å². The Balaban J connectivity index is -0.000000221. The van der Waals surface area contributed by atoms with Crippen LogP contribution in [0, 0.1) is 0 Å². The van der Waals surface area contributed by atoms with Gasteiger partial charge in [0.25, 0.3) is 0 Å². The topological polar surface area (TPSA) is 9.23 Å². The van der Waals surface area contributed by atoms with Crippen LogP contribution in [0.4, 0.5) is 39.5 Å². The molecule has 1 nitrogen and oxygen atoms in total. The highest BCUT2D eigenvalue weighted by Crippen LogP contribution is 2.23. The third-order valence-corrected chi connectivity index (χ3v) is 1.03. The van der Waals surface area contributed by atoms with Gasteiger partial charge in [-0.1, -0.05) is 19.7 Å². The third kappa shape index (κ3) is 25.3. The van der Waals surface area contributed by atoms with Crippen molar-refractivity contribution in [1.82, 2.24) is 0 Å². The van der Waals surface area contributed by atoms with Crippen LogP contribution in [0.2, 0.25) is 0 Å². The second kappa shape index (κ2) is 9.32. The molecule has 0 aromatic carbocycles.